The highest BCUT2D eigenvalue weighted by atomic mass is 14.7. The maximum atomic E-state index is 4.46. The summed E-state index contributed by atoms with van der Waals surface area (Å²) in [6.07, 6.45) is 6.49. The predicted molar refractivity (Wildman–Crippen MR) is 41.1 cm³/mol. The van der Waals surface area contributed by atoms with E-state index < -0.39 is 0 Å². The summed E-state index contributed by atoms with van der Waals surface area (Å²) in [5.74, 6) is 0. The van der Waals surface area contributed by atoms with Crippen LogP contribution in [-0.4, -0.2) is 12.3 Å². The Balaban J connectivity index is 2.37. The fourth-order valence-corrected chi connectivity index (χ4v) is 1.22. The molecule has 0 aromatic carbocycles. The normalized spacial score (nSPS) is 20.8. The molecule has 52 valence electrons. The SMILES string of the molecule is CCC1=NCCCCC1. The van der Waals surface area contributed by atoms with Gasteiger partial charge in [0.15, 0.2) is 0 Å². The van der Waals surface area contributed by atoms with Crippen molar-refractivity contribution >= 4 is 5.71 Å². The molecule has 0 fully saturated rings. The van der Waals surface area contributed by atoms with Gasteiger partial charge in [0.25, 0.3) is 0 Å². The average Bonchev–Trinajstić information content (AvgIpc) is 2.13. The van der Waals surface area contributed by atoms with Crippen molar-refractivity contribution in [2.45, 2.75) is 39.0 Å². The molecule has 1 heterocycles. The first kappa shape index (κ1) is 6.79. The standard InChI is InChI=1S/C8H15N/c1-2-8-6-4-3-5-7-9-8/h2-7H2,1H3. The van der Waals surface area contributed by atoms with E-state index >= 15 is 0 Å². The first-order valence-corrected chi connectivity index (χ1v) is 3.95. The van der Waals surface area contributed by atoms with Gasteiger partial charge in [0.1, 0.15) is 0 Å². The number of nitrogens with zero attached hydrogens (tertiary/aromatic N) is 1. The summed E-state index contributed by atoms with van der Waals surface area (Å²) >= 11 is 0. The first-order chi connectivity index (χ1) is 4.43. The van der Waals surface area contributed by atoms with Gasteiger partial charge >= 0.3 is 0 Å². The van der Waals surface area contributed by atoms with Crippen LogP contribution in [0, 0.1) is 0 Å². The van der Waals surface area contributed by atoms with Gasteiger partial charge in [-0.05, 0) is 25.7 Å². The predicted octanol–water partition coefficient (Wildman–Crippen LogP) is 2.41. The monoisotopic (exact) mass is 125 g/mol. The molecular weight excluding hydrogens is 110 g/mol. The van der Waals surface area contributed by atoms with Crippen molar-refractivity contribution < 1.29 is 0 Å². The van der Waals surface area contributed by atoms with E-state index in [1.165, 1.54) is 37.8 Å². The zero-order chi connectivity index (χ0) is 6.53. The molecule has 0 aromatic heterocycles. The Bertz CT molecular complexity index is 105. The van der Waals surface area contributed by atoms with E-state index in [4.69, 9.17) is 0 Å². The van der Waals surface area contributed by atoms with Gasteiger partial charge < -0.3 is 0 Å². The molecule has 0 amide bonds. The Labute approximate surface area is 57.2 Å². The van der Waals surface area contributed by atoms with Gasteiger partial charge in [-0.1, -0.05) is 13.3 Å². The Morgan fingerprint density at radius 2 is 2.22 bits per heavy atom. The molecule has 1 aliphatic rings. The quantitative estimate of drug-likeness (QED) is 0.510. The van der Waals surface area contributed by atoms with Crippen LogP contribution < -0.4 is 0 Å². The molecule has 0 unspecified atom stereocenters. The molecule has 9 heavy (non-hydrogen) atoms. The molecule has 1 nitrogen and oxygen atoms in total. The molecular formula is C8H15N. The summed E-state index contributed by atoms with van der Waals surface area (Å²) < 4.78 is 0. The zero-order valence-electron chi connectivity index (χ0n) is 6.19. The molecule has 1 aliphatic heterocycles. The Hall–Kier alpha value is -0.330. The lowest BCUT2D eigenvalue weighted by Crippen LogP contribution is -1.93. The van der Waals surface area contributed by atoms with Gasteiger partial charge in [-0.25, -0.2) is 0 Å². The minimum absolute atomic E-state index is 1.09. The third-order valence-corrected chi connectivity index (χ3v) is 1.87. The lowest BCUT2D eigenvalue weighted by atomic mass is 10.1. The van der Waals surface area contributed by atoms with Crippen LogP contribution in [0.15, 0.2) is 4.99 Å². The third kappa shape index (κ3) is 2.17. The highest BCUT2D eigenvalue weighted by Crippen LogP contribution is 2.08. The lowest BCUT2D eigenvalue weighted by Gasteiger charge is -1.95. The highest BCUT2D eigenvalue weighted by molar-refractivity contribution is 5.84. The van der Waals surface area contributed by atoms with Crippen molar-refractivity contribution in [1.29, 1.82) is 0 Å². The molecule has 1 rings (SSSR count). The van der Waals surface area contributed by atoms with Gasteiger partial charge in [-0.2, -0.15) is 0 Å². The molecule has 1 heteroatoms. The van der Waals surface area contributed by atoms with Crippen molar-refractivity contribution in [1.82, 2.24) is 0 Å². The summed E-state index contributed by atoms with van der Waals surface area (Å²) in [5.41, 5.74) is 1.44. The average molecular weight is 125 g/mol. The van der Waals surface area contributed by atoms with Crippen molar-refractivity contribution in [2.75, 3.05) is 6.54 Å². The lowest BCUT2D eigenvalue weighted by molar-refractivity contribution is 0.730. The van der Waals surface area contributed by atoms with E-state index in [-0.39, 0.29) is 0 Å². The molecule has 0 aromatic rings. The summed E-state index contributed by atoms with van der Waals surface area (Å²) in [6.45, 7) is 3.29. The van der Waals surface area contributed by atoms with Crippen molar-refractivity contribution in [3.05, 3.63) is 0 Å². The van der Waals surface area contributed by atoms with Crippen molar-refractivity contribution in [2.24, 2.45) is 4.99 Å². The molecule has 0 atom stereocenters. The van der Waals surface area contributed by atoms with Crippen LogP contribution in [0.25, 0.3) is 0 Å². The number of hydrogen-bond acceptors (Lipinski definition) is 1. The number of aliphatic imine (C=N–C) groups is 1. The fraction of sp³-hybridized carbons (Fsp3) is 0.875. The minimum atomic E-state index is 1.09. The molecule has 0 saturated carbocycles. The van der Waals surface area contributed by atoms with E-state index in [1.54, 1.807) is 0 Å². The maximum Gasteiger partial charge on any atom is 0.0388 e. The molecule has 0 aliphatic carbocycles. The second-order valence-electron chi connectivity index (χ2n) is 2.61. The van der Waals surface area contributed by atoms with E-state index in [0.29, 0.717) is 0 Å². The van der Waals surface area contributed by atoms with E-state index in [9.17, 15) is 0 Å². The molecule has 0 radical (unpaired) electrons. The van der Waals surface area contributed by atoms with Gasteiger partial charge in [-0.15, -0.1) is 0 Å². The van der Waals surface area contributed by atoms with Gasteiger partial charge in [-0.3, -0.25) is 4.99 Å². The summed E-state index contributed by atoms with van der Waals surface area (Å²) in [5, 5.41) is 0. The van der Waals surface area contributed by atoms with Crippen molar-refractivity contribution in [3.63, 3.8) is 0 Å². The zero-order valence-corrected chi connectivity index (χ0v) is 6.19. The molecule has 0 saturated heterocycles. The van der Waals surface area contributed by atoms with Crippen LogP contribution >= 0.6 is 0 Å². The van der Waals surface area contributed by atoms with Crippen molar-refractivity contribution in [3.8, 4) is 0 Å². The molecule has 0 N–H and O–H groups in total. The van der Waals surface area contributed by atoms with Crippen LogP contribution in [0.5, 0.6) is 0 Å². The Kier molecular flexibility index (Phi) is 2.75. The Morgan fingerprint density at radius 3 is 3.00 bits per heavy atom. The maximum absolute atomic E-state index is 4.46. The molecule has 0 bridgehead atoms. The Morgan fingerprint density at radius 1 is 1.33 bits per heavy atom. The summed E-state index contributed by atoms with van der Waals surface area (Å²) in [6, 6.07) is 0. The summed E-state index contributed by atoms with van der Waals surface area (Å²) in [7, 11) is 0. The van der Waals surface area contributed by atoms with E-state index in [1.807, 2.05) is 0 Å². The summed E-state index contributed by atoms with van der Waals surface area (Å²) in [4.78, 5) is 4.46. The van der Waals surface area contributed by atoms with Crippen LogP contribution in [0.1, 0.15) is 39.0 Å². The van der Waals surface area contributed by atoms with Crippen LogP contribution in [-0.2, 0) is 0 Å². The van der Waals surface area contributed by atoms with Crippen LogP contribution in [0.3, 0.4) is 0 Å². The number of hydrogen-bond donors (Lipinski definition) is 0. The molecule has 0 spiro atoms. The largest absolute Gasteiger partial charge is 0.294 e. The van der Waals surface area contributed by atoms with Gasteiger partial charge in [0.2, 0.25) is 0 Å². The highest BCUT2D eigenvalue weighted by Gasteiger charge is 1.99. The smallest absolute Gasteiger partial charge is 0.0388 e. The number of rotatable bonds is 1. The first-order valence-electron chi connectivity index (χ1n) is 3.95. The van der Waals surface area contributed by atoms with Crippen LogP contribution in [0.2, 0.25) is 0 Å². The van der Waals surface area contributed by atoms with Crippen LogP contribution in [0.4, 0.5) is 0 Å². The second kappa shape index (κ2) is 3.65. The third-order valence-electron chi connectivity index (χ3n) is 1.87. The topological polar surface area (TPSA) is 12.4 Å². The van der Waals surface area contributed by atoms with E-state index in [0.717, 1.165) is 6.54 Å². The van der Waals surface area contributed by atoms with Gasteiger partial charge in [0.05, 0.1) is 0 Å². The van der Waals surface area contributed by atoms with Gasteiger partial charge in [0, 0.05) is 12.3 Å². The van der Waals surface area contributed by atoms with E-state index in [2.05, 4.69) is 11.9 Å². The second-order valence-corrected chi connectivity index (χ2v) is 2.61. The fourth-order valence-electron chi connectivity index (χ4n) is 1.22. The minimum Gasteiger partial charge on any atom is -0.294 e.